The molecule has 112 valence electrons. The molecule has 2 aromatic rings. The van der Waals surface area contributed by atoms with Crippen molar-refractivity contribution < 1.29 is 14.6 Å². The van der Waals surface area contributed by atoms with Gasteiger partial charge in [0.15, 0.2) is 0 Å². The lowest BCUT2D eigenvalue weighted by molar-refractivity contribution is 0.115. The van der Waals surface area contributed by atoms with Crippen LogP contribution < -0.4 is 9.64 Å². The monoisotopic (exact) mass is 288 g/mol. The molecule has 2 heterocycles. The summed E-state index contributed by atoms with van der Waals surface area (Å²) in [4.78, 5) is 6.83. The van der Waals surface area contributed by atoms with Gasteiger partial charge in [0.05, 0.1) is 31.4 Å². The highest BCUT2D eigenvalue weighted by atomic mass is 16.5. The van der Waals surface area contributed by atoms with E-state index in [4.69, 9.17) is 14.5 Å². The second-order valence-electron chi connectivity index (χ2n) is 5.31. The number of benzene rings is 1. The highest BCUT2D eigenvalue weighted by Crippen LogP contribution is 2.28. The largest absolute Gasteiger partial charge is 0.497 e. The lowest BCUT2D eigenvalue weighted by Crippen LogP contribution is -2.33. The summed E-state index contributed by atoms with van der Waals surface area (Å²) in [6, 6.07) is 9.92. The molecule has 1 aromatic heterocycles. The lowest BCUT2D eigenvalue weighted by Gasteiger charge is -2.24. The third-order valence-electron chi connectivity index (χ3n) is 4.10. The molecule has 1 aliphatic heterocycles. The fourth-order valence-corrected chi connectivity index (χ4v) is 2.88. The molecule has 0 radical (unpaired) electrons. The Morgan fingerprint density at radius 3 is 2.86 bits per heavy atom. The van der Waals surface area contributed by atoms with Crippen LogP contribution in [0.25, 0.3) is 10.9 Å². The summed E-state index contributed by atoms with van der Waals surface area (Å²) in [5.74, 6) is 1.71. The van der Waals surface area contributed by atoms with Crippen molar-refractivity contribution in [2.24, 2.45) is 0 Å². The molecule has 2 atom stereocenters. The summed E-state index contributed by atoms with van der Waals surface area (Å²) in [7, 11) is 3.37. The third kappa shape index (κ3) is 2.66. The highest BCUT2D eigenvalue weighted by Gasteiger charge is 2.32. The maximum atomic E-state index is 9.55. The molecule has 0 bridgehead atoms. The van der Waals surface area contributed by atoms with Crippen LogP contribution in [0.1, 0.15) is 6.42 Å². The van der Waals surface area contributed by atoms with E-state index in [-0.39, 0.29) is 18.8 Å². The Kier molecular flexibility index (Phi) is 3.94. The lowest BCUT2D eigenvalue weighted by atomic mass is 10.2. The van der Waals surface area contributed by atoms with Crippen molar-refractivity contribution in [2.75, 3.05) is 32.3 Å². The van der Waals surface area contributed by atoms with Gasteiger partial charge in [0.1, 0.15) is 11.6 Å². The molecule has 1 N–H and O–H groups in total. The molecule has 5 nitrogen and oxygen atoms in total. The smallest absolute Gasteiger partial charge is 0.129 e. The molecule has 5 heteroatoms. The van der Waals surface area contributed by atoms with Crippen molar-refractivity contribution in [3.8, 4) is 5.75 Å². The number of hydrogen-bond acceptors (Lipinski definition) is 5. The van der Waals surface area contributed by atoms with Gasteiger partial charge in [-0.1, -0.05) is 0 Å². The maximum absolute atomic E-state index is 9.55. The van der Waals surface area contributed by atoms with Gasteiger partial charge >= 0.3 is 0 Å². The number of nitrogens with zero attached hydrogens (tertiary/aromatic N) is 2. The molecule has 1 fully saturated rings. The van der Waals surface area contributed by atoms with Crippen LogP contribution in [0.15, 0.2) is 30.3 Å². The Bertz CT molecular complexity index is 632. The molecular weight excluding hydrogens is 268 g/mol. The van der Waals surface area contributed by atoms with Crippen LogP contribution in [0.2, 0.25) is 0 Å². The molecule has 1 aliphatic rings. The molecule has 1 saturated heterocycles. The van der Waals surface area contributed by atoms with E-state index >= 15 is 0 Å². The van der Waals surface area contributed by atoms with Crippen molar-refractivity contribution in [3.63, 3.8) is 0 Å². The van der Waals surface area contributed by atoms with Gasteiger partial charge in [-0.25, -0.2) is 4.98 Å². The summed E-state index contributed by atoms with van der Waals surface area (Å²) in [5.41, 5.74) is 0.922. The van der Waals surface area contributed by atoms with E-state index < -0.39 is 0 Å². The van der Waals surface area contributed by atoms with Gasteiger partial charge in [-0.05, 0) is 36.8 Å². The minimum atomic E-state index is 0.0677. The number of fused-ring (bicyclic) bond motifs is 1. The van der Waals surface area contributed by atoms with E-state index in [9.17, 15) is 5.11 Å². The quantitative estimate of drug-likeness (QED) is 0.930. The summed E-state index contributed by atoms with van der Waals surface area (Å²) < 4.78 is 10.6. The first kappa shape index (κ1) is 14.1. The van der Waals surface area contributed by atoms with Gasteiger partial charge in [-0.15, -0.1) is 0 Å². The number of ether oxygens (including phenoxy) is 2. The standard InChI is InChI=1S/C16H20N2O3/c1-20-13-4-5-15-11(7-13)3-6-16(17-15)18-9-14(21-2)8-12(18)10-19/h3-7,12,14,19H,8-10H2,1-2H3/t12-,14+/m0/s1. The van der Waals surface area contributed by atoms with Gasteiger partial charge in [0, 0.05) is 19.0 Å². The molecule has 0 spiro atoms. The molecule has 21 heavy (non-hydrogen) atoms. The summed E-state index contributed by atoms with van der Waals surface area (Å²) in [6.07, 6.45) is 0.977. The number of aliphatic hydroxyl groups excluding tert-OH is 1. The number of rotatable bonds is 4. The first-order valence-corrected chi connectivity index (χ1v) is 7.10. The second kappa shape index (κ2) is 5.87. The highest BCUT2D eigenvalue weighted by molar-refractivity contribution is 5.82. The summed E-state index contributed by atoms with van der Waals surface area (Å²) in [5, 5.41) is 10.6. The van der Waals surface area contributed by atoms with Crippen molar-refractivity contribution >= 4 is 16.7 Å². The minimum Gasteiger partial charge on any atom is -0.497 e. The van der Waals surface area contributed by atoms with Crippen LogP contribution in [-0.4, -0.2) is 49.6 Å². The Hall–Kier alpha value is -1.85. The molecule has 0 amide bonds. The van der Waals surface area contributed by atoms with E-state index in [1.807, 2.05) is 30.3 Å². The van der Waals surface area contributed by atoms with Crippen LogP contribution in [0.3, 0.4) is 0 Å². The van der Waals surface area contributed by atoms with E-state index in [2.05, 4.69) is 4.90 Å². The van der Waals surface area contributed by atoms with Gasteiger partial charge < -0.3 is 19.5 Å². The zero-order valence-corrected chi connectivity index (χ0v) is 12.3. The average Bonchev–Trinajstić information content (AvgIpc) is 2.97. The molecule has 0 saturated carbocycles. The maximum Gasteiger partial charge on any atom is 0.129 e. The van der Waals surface area contributed by atoms with Crippen LogP contribution in [-0.2, 0) is 4.74 Å². The first-order chi connectivity index (χ1) is 10.2. The normalized spacial score (nSPS) is 22.0. The average molecular weight is 288 g/mol. The number of methoxy groups -OCH3 is 2. The van der Waals surface area contributed by atoms with Gasteiger partial charge in [-0.2, -0.15) is 0 Å². The summed E-state index contributed by atoms with van der Waals surface area (Å²) >= 11 is 0. The number of anilines is 1. The minimum absolute atomic E-state index is 0.0677. The van der Waals surface area contributed by atoms with Gasteiger partial charge in [0.2, 0.25) is 0 Å². The van der Waals surface area contributed by atoms with E-state index in [0.717, 1.165) is 35.4 Å². The predicted octanol–water partition coefficient (Wildman–Crippen LogP) is 1.83. The van der Waals surface area contributed by atoms with Crippen LogP contribution in [0.4, 0.5) is 5.82 Å². The zero-order chi connectivity index (χ0) is 14.8. The molecule has 0 unspecified atom stereocenters. The van der Waals surface area contributed by atoms with Crippen molar-refractivity contribution in [3.05, 3.63) is 30.3 Å². The Morgan fingerprint density at radius 2 is 2.14 bits per heavy atom. The van der Waals surface area contributed by atoms with Crippen LogP contribution in [0, 0.1) is 0 Å². The molecule has 1 aromatic carbocycles. The van der Waals surface area contributed by atoms with E-state index in [1.165, 1.54) is 0 Å². The van der Waals surface area contributed by atoms with Gasteiger partial charge in [0.25, 0.3) is 0 Å². The van der Waals surface area contributed by atoms with E-state index in [1.54, 1.807) is 14.2 Å². The van der Waals surface area contributed by atoms with Crippen molar-refractivity contribution in [1.29, 1.82) is 0 Å². The number of aliphatic hydroxyl groups is 1. The molecule has 3 rings (SSSR count). The summed E-state index contributed by atoms with van der Waals surface area (Å²) in [6.45, 7) is 0.874. The Morgan fingerprint density at radius 1 is 1.29 bits per heavy atom. The zero-order valence-electron chi connectivity index (χ0n) is 12.3. The molecular formula is C16H20N2O3. The molecule has 0 aliphatic carbocycles. The van der Waals surface area contributed by atoms with Gasteiger partial charge in [-0.3, -0.25) is 0 Å². The second-order valence-corrected chi connectivity index (χ2v) is 5.31. The van der Waals surface area contributed by atoms with E-state index in [0.29, 0.717) is 0 Å². The fraction of sp³-hybridized carbons (Fsp3) is 0.438. The number of pyridine rings is 1. The Balaban J connectivity index is 1.93. The third-order valence-corrected chi connectivity index (χ3v) is 4.10. The van der Waals surface area contributed by atoms with Crippen molar-refractivity contribution in [1.82, 2.24) is 4.98 Å². The number of aromatic nitrogens is 1. The predicted molar refractivity (Wildman–Crippen MR) is 81.9 cm³/mol. The Labute approximate surface area is 124 Å². The van der Waals surface area contributed by atoms with Crippen molar-refractivity contribution in [2.45, 2.75) is 18.6 Å². The fourth-order valence-electron chi connectivity index (χ4n) is 2.88. The van der Waals surface area contributed by atoms with Crippen LogP contribution in [0.5, 0.6) is 5.75 Å². The number of hydrogen-bond donors (Lipinski definition) is 1. The topological polar surface area (TPSA) is 54.8 Å². The van der Waals surface area contributed by atoms with Crippen LogP contribution >= 0.6 is 0 Å². The SMILES string of the molecule is COc1ccc2nc(N3C[C@H](OC)C[C@H]3CO)ccc2c1. The first-order valence-electron chi connectivity index (χ1n) is 7.10.